The Hall–Kier alpha value is -3.85. The summed E-state index contributed by atoms with van der Waals surface area (Å²) in [5.74, 6) is -1.81. The molecule has 4 aromatic rings. The summed E-state index contributed by atoms with van der Waals surface area (Å²) in [6.07, 6.45) is 2.48. The molecule has 1 amide bonds. The molecule has 9 heteroatoms. The van der Waals surface area contributed by atoms with Crippen LogP contribution in [-0.2, 0) is 11.2 Å². The van der Waals surface area contributed by atoms with Gasteiger partial charge in [-0.05, 0) is 23.8 Å². The Labute approximate surface area is 164 Å². The lowest BCUT2D eigenvalue weighted by molar-refractivity contribution is -1.09. The number of nitrogens with zero attached hydrogens (tertiary/aromatic N) is 5. The predicted molar refractivity (Wildman–Crippen MR) is 102 cm³/mol. The fraction of sp³-hybridized carbons (Fsp3) is 0.0500. The van der Waals surface area contributed by atoms with Crippen LogP contribution >= 0.6 is 0 Å². The van der Waals surface area contributed by atoms with Gasteiger partial charge >= 0.3 is 5.91 Å². The minimum Gasteiger partial charge on any atom is -0.256 e. The molecule has 0 aliphatic carbocycles. The number of aromatic nitrogens is 4. The number of benzene rings is 2. The highest BCUT2D eigenvalue weighted by Crippen LogP contribution is 2.20. The molecule has 2 heterocycles. The molecule has 7 nitrogen and oxygen atoms in total. The summed E-state index contributed by atoms with van der Waals surface area (Å²) >= 11 is 0. The molecular formula is C20H15F2N6O+. The topological polar surface area (TPSA) is 80.7 Å². The molecule has 29 heavy (non-hydrogen) atoms. The van der Waals surface area contributed by atoms with Crippen molar-refractivity contribution in [3.05, 3.63) is 78.6 Å². The van der Waals surface area contributed by atoms with E-state index in [2.05, 4.69) is 20.2 Å². The molecule has 4 rings (SSSR count). The van der Waals surface area contributed by atoms with E-state index < -0.39 is 23.3 Å². The van der Waals surface area contributed by atoms with E-state index in [9.17, 15) is 13.8 Å². The van der Waals surface area contributed by atoms with Crippen molar-refractivity contribution in [3.8, 4) is 11.3 Å². The van der Waals surface area contributed by atoms with E-state index >= 15 is 0 Å². The fourth-order valence-corrected chi connectivity index (χ4v) is 2.76. The lowest BCUT2D eigenvalue weighted by Crippen LogP contribution is -2.44. The second-order valence-electron chi connectivity index (χ2n) is 6.26. The predicted octanol–water partition coefficient (Wildman–Crippen LogP) is 3.77. The van der Waals surface area contributed by atoms with Crippen LogP contribution in [0.15, 0.2) is 73.1 Å². The van der Waals surface area contributed by atoms with Gasteiger partial charge in [0.2, 0.25) is 5.04 Å². The first kappa shape index (κ1) is 18.5. The molecule has 0 fully saturated rings. The van der Waals surface area contributed by atoms with Crippen LogP contribution in [0.3, 0.4) is 0 Å². The Morgan fingerprint density at radius 1 is 0.966 bits per heavy atom. The van der Waals surface area contributed by atoms with Gasteiger partial charge in [-0.25, -0.2) is 9.78 Å². The van der Waals surface area contributed by atoms with Crippen LogP contribution in [0.25, 0.3) is 22.2 Å². The molecule has 0 spiro atoms. The van der Waals surface area contributed by atoms with Crippen LogP contribution in [0.5, 0.6) is 0 Å². The number of anilines is 1. The number of hydrogen-bond donors (Lipinski definition) is 1. The van der Waals surface area contributed by atoms with Crippen molar-refractivity contribution >= 4 is 22.8 Å². The van der Waals surface area contributed by atoms with Crippen LogP contribution in [0.4, 0.5) is 14.9 Å². The van der Waals surface area contributed by atoms with Crippen LogP contribution in [0, 0.1) is 0 Å². The van der Waals surface area contributed by atoms with Crippen molar-refractivity contribution in [2.75, 3.05) is 5.43 Å². The van der Waals surface area contributed by atoms with E-state index in [1.165, 1.54) is 6.20 Å². The van der Waals surface area contributed by atoms with Crippen molar-refractivity contribution in [1.29, 1.82) is 0 Å². The van der Waals surface area contributed by atoms with Gasteiger partial charge < -0.3 is 0 Å². The van der Waals surface area contributed by atoms with Crippen molar-refractivity contribution in [2.24, 2.45) is 0 Å². The smallest absolute Gasteiger partial charge is 0.256 e. The van der Waals surface area contributed by atoms with Gasteiger partial charge in [-0.3, -0.25) is 4.98 Å². The summed E-state index contributed by atoms with van der Waals surface area (Å²) in [7, 11) is 0. The Morgan fingerprint density at radius 3 is 2.55 bits per heavy atom. The third-order valence-electron chi connectivity index (χ3n) is 4.21. The number of amides is 1. The lowest BCUT2D eigenvalue weighted by atomic mass is 10.1. The number of hydrogen-bond acceptors (Lipinski definition) is 6. The number of fused-ring (bicyclic) bond motifs is 1. The van der Waals surface area contributed by atoms with Gasteiger partial charge in [0.25, 0.3) is 5.95 Å². The van der Waals surface area contributed by atoms with E-state index in [1.54, 1.807) is 54.1 Å². The molecule has 0 atom stereocenters. The quantitative estimate of drug-likeness (QED) is 0.411. The first-order chi connectivity index (χ1) is 14.0. The first-order valence-corrected chi connectivity index (χ1v) is 8.70. The second-order valence-corrected chi connectivity index (χ2v) is 6.26. The number of halogens is 2. The summed E-state index contributed by atoms with van der Waals surface area (Å²) < 4.78 is 28.6. The largest absolute Gasteiger partial charge is 0.422 e. The van der Waals surface area contributed by atoms with Crippen molar-refractivity contribution < 1.29 is 18.8 Å². The minimum atomic E-state index is -3.10. The fourth-order valence-electron chi connectivity index (χ4n) is 2.76. The molecule has 0 aliphatic rings. The summed E-state index contributed by atoms with van der Waals surface area (Å²) in [6, 6.07) is 17.6. The number of quaternary nitrogens is 1. The SMILES string of the molecule is O=C(Cc1ccc2ncccc2c1)[N+](F)(F)Nc1ncc(-c2ccccc2)nn1. The highest BCUT2D eigenvalue weighted by molar-refractivity contribution is 5.81. The monoisotopic (exact) mass is 393 g/mol. The van der Waals surface area contributed by atoms with E-state index in [4.69, 9.17) is 0 Å². The summed E-state index contributed by atoms with van der Waals surface area (Å²) in [5.41, 5.74) is 4.07. The minimum absolute atomic E-state index is 0.433. The number of rotatable bonds is 5. The Morgan fingerprint density at radius 2 is 1.79 bits per heavy atom. The molecule has 2 aromatic carbocycles. The zero-order valence-electron chi connectivity index (χ0n) is 15.0. The summed E-state index contributed by atoms with van der Waals surface area (Å²) in [4.78, 5) is 20.1. The Bertz CT molecular complexity index is 1150. The highest BCUT2D eigenvalue weighted by atomic mass is 19.4. The van der Waals surface area contributed by atoms with Crippen molar-refractivity contribution in [2.45, 2.75) is 6.42 Å². The van der Waals surface area contributed by atoms with Gasteiger partial charge in [0.15, 0.2) is 0 Å². The average Bonchev–Trinajstić information content (AvgIpc) is 2.74. The molecule has 0 saturated carbocycles. The van der Waals surface area contributed by atoms with Crippen LogP contribution in [0.2, 0.25) is 0 Å². The Kier molecular flexibility index (Phi) is 4.88. The van der Waals surface area contributed by atoms with E-state index in [0.717, 1.165) is 16.5 Å². The number of nitrogens with one attached hydrogen (secondary N) is 1. The zero-order valence-corrected chi connectivity index (χ0v) is 15.0. The molecule has 144 valence electrons. The average molecular weight is 393 g/mol. The summed E-state index contributed by atoms with van der Waals surface area (Å²) in [5, 5.41) is 5.19. The third-order valence-corrected chi connectivity index (χ3v) is 4.21. The maximum Gasteiger partial charge on any atom is 0.422 e. The first-order valence-electron chi connectivity index (χ1n) is 8.70. The molecule has 1 N–H and O–H groups in total. The molecule has 0 aliphatic heterocycles. The van der Waals surface area contributed by atoms with Gasteiger partial charge in [-0.2, -0.15) is 0 Å². The number of carbonyl (C=O) groups is 1. The molecule has 0 unspecified atom stereocenters. The molecular weight excluding hydrogens is 378 g/mol. The molecule has 0 saturated heterocycles. The molecule has 0 radical (unpaired) electrons. The normalized spacial score (nSPS) is 11.4. The van der Waals surface area contributed by atoms with Crippen LogP contribution < -0.4 is 5.43 Å². The van der Waals surface area contributed by atoms with E-state index in [-0.39, 0.29) is 0 Å². The maximum absolute atomic E-state index is 14.3. The molecule has 2 aromatic heterocycles. The van der Waals surface area contributed by atoms with Gasteiger partial charge in [0.05, 0.1) is 27.1 Å². The van der Waals surface area contributed by atoms with Crippen molar-refractivity contribution in [3.63, 3.8) is 0 Å². The zero-order chi connectivity index (χ0) is 20.3. The van der Waals surface area contributed by atoms with Crippen LogP contribution in [-0.4, -0.2) is 31.1 Å². The van der Waals surface area contributed by atoms with Gasteiger partial charge in [0.1, 0.15) is 5.69 Å². The maximum atomic E-state index is 14.3. The van der Waals surface area contributed by atoms with Crippen molar-refractivity contribution in [1.82, 2.24) is 20.2 Å². The van der Waals surface area contributed by atoms with Crippen LogP contribution in [0.1, 0.15) is 5.56 Å². The molecule has 0 bridgehead atoms. The lowest BCUT2D eigenvalue weighted by Gasteiger charge is -2.11. The van der Waals surface area contributed by atoms with Gasteiger partial charge in [-0.1, -0.05) is 42.5 Å². The number of pyridine rings is 1. The second kappa shape index (κ2) is 7.64. The Balaban J connectivity index is 1.46. The van der Waals surface area contributed by atoms with Gasteiger partial charge in [-0.15, -0.1) is 15.6 Å². The standard InChI is InChI=1S/C20H15F2N6O/c21-28(22,19(29)12-14-8-9-17-16(11-14)7-4-10-23-17)27-20-24-13-18(25-26-20)15-5-2-1-3-6-15/h1-11,13H,12H2,(H,24,26,27)/q+1. The third kappa shape index (κ3) is 4.19. The van der Waals surface area contributed by atoms with E-state index in [0.29, 0.717) is 11.3 Å². The van der Waals surface area contributed by atoms with E-state index in [1.807, 2.05) is 18.2 Å². The number of carbonyl (C=O) groups excluding carboxylic acids is 1. The highest BCUT2D eigenvalue weighted by Gasteiger charge is 2.43. The van der Waals surface area contributed by atoms with Gasteiger partial charge in [0, 0.05) is 17.1 Å². The summed E-state index contributed by atoms with van der Waals surface area (Å²) in [6.45, 7) is 0.